The maximum atomic E-state index is 12.7. The summed E-state index contributed by atoms with van der Waals surface area (Å²) in [6.07, 6.45) is 6.95. The number of nitrogens with zero attached hydrogens (tertiary/aromatic N) is 2. The van der Waals surface area contributed by atoms with Crippen LogP contribution in [-0.4, -0.2) is 55.7 Å². The normalized spacial score (nSPS) is 27.5. The van der Waals surface area contributed by atoms with E-state index in [2.05, 4.69) is 39.8 Å². The van der Waals surface area contributed by atoms with Gasteiger partial charge >= 0.3 is 6.03 Å². The van der Waals surface area contributed by atoms with Gasteiger partial charge in [0.25, 0.3) is 0 Å². The quantitative estimate of drug-likeness (QED) is 0.857. The van der Waals surface area contributed by atoms with Gasteiger partial charge in [0.1, 0.15) is 0 Å². The third-order valence-corrected chi connectivity index (χ3v) is 7.20. The van der Waals surface area contributed by atoms with Gasteiger partial charge in [-0.25, -0.2) is 4.79 Å². The first kappa shape index (κ1) is 16.4. The minimum Gasteiger partial charge on any atom is -0.368 e. The number of para-hydroxylation sites is 1. The van der Waals surface area contributed by atoms with Gasteiger partial charge in [0, 0.05) is 37.4 Å². The Labute approximate surface area is 156 Å². The van der Waals surface area contributed by atoms with E-state index >= 15 is 0 Å². The molecule has 1 saturated carbocycles. The Kier molecular flexibility index (Phi) is 4.07. The molecule has 1 aromatic rings. The molecule has 3 heterocycles. The van der Waals surface area contributed by atoms with Crippen LogP contribution in [0.2, 0.25) is 0 Å². The van der Waals surface area contributed by atoms with Crippen LogP contribution in [0.25, 0.3) is 0 Å². The van der Waals surface area contributed by atoms with Gasteiger partial charge in [-0.3, -0.25) is 0 Å². The molecule has 1 spiro atoms. The van der Waals surface area contributed by atoms with Gasteiger partial charge in [-0.1, -0.05) is 18.2 Å². The molecular formula is C21H30N4O. The number of hydrogen-bond donors (Lipinski definition) is 2. The van der Waals surface area contributed by atoms with Crippen LogP contribution in [0.1, 0.15) is 37.7 Å². The van der Waals surface area contributed by atoms with Crippen LogP contribution in [-0.2, 0) is 6.42 Å². The smallest absolute Gasteiger partial charge is 0.317 e. The topological polar surface area (TPSA) is 47.6 Å². The first-order chi connectivity index (χ1) is 12.8. The predicted molar refractivity (Wildman–Crippen MR) is 104 cm³/mol. The van der Waals surface area contributed by atoms with Gasteiger partial charge in [0.2, 0.25) is 0 Å². The summed E-state index contributed by atoms with van der Waals surface area (Å²) in [5.41, 5.74) is 3.31. The average molecular weight is 354 g/mol. The molecule has 5 rings (SSSR count). The molecule has 2 saturated heterocycles. The Balaban J connectivity index is 1.14. The van der Waals surface area contributed by atoms with E-state index in [-0.39, 0.29) is 6.03 Å². The Morgan fingerprint density at radius 2 is 1.88 bits per heavy atom. The molecule has 4 aliphatic rings. The van der Waals surface area contributed by atoms with E-state index in [1.165, 1.54) is 30.5 Å². The van der Waals surface area contributed by atoms with Crippen molar-refractivity contribution in [2.24, 2.45) is 5.41 Å². The zero-order valence-corrected chi connectivity index (χ0v) is 15.5. The Morgan fingerprint density at radius 1 is 1.12 bits per heavy atom. The maximum Gasteiger partial charge on any atom is 0.317 e. The maximum absolute atomic E-state index is 12.7. The molecule has 1 unspecified atom stereocenters. The lowest BCUT2D eigenvalue weighted by Gasteiger charge is -2.38. The van der Waals surface area contributed by atoms with Gasteiger partial charge in [0.15, 0.2) is 0 Å². The van der Waals surface area contributed by atoms with Crippen LogP contribution < -0.4 is 15.5 Å². The second kappa shape index (κ2) is 6.45. The fourth-order valence-electron chi connectivity index (χ4n) is 5.39. The summed E-state index contributed by atoms with van der Waals surface area (Å²) in [4.78, 5) is 17.3. The van der Waals surface area contributed by atoms with Crippen LogP contribution in [0, 0.1) is 5.41 Å². The predicted octanol–water partition coefficient (Wildman–Crippen LogP) is 2.37. The second-order valence-electron chi connectivity index (χ2n) is 8.61. The standard InChI is InChI=1S/C21H30N4O/c26-20(23-19-15-21(19)8-10-22-11-9-21)24-12-6-17(7-13-24)25-14-5-16-3-1-2-4-18(16)25/h1-4,17,19,22H,5-15H2,(H,23,26). The summed E-state index contributed by atoms with van der Waals surface area (Å²) in [6.45, 7) is 5.12. The van der Waals surface area contributed by atoms with Crippen molar-refractivity contribution in [1.29, 1.82) is 0 Å². The van der Waals surface area contributed by atoms with Gasteiger partial charge in [0.05, 0.1) is 0 Å². The summed E-state index contributed by atoms with van der Waals surface area (Å²) in [7, 11) is 0. The number of likely N-dealkylation sites (tertiary alicyclic amines) is 1. The van der Waals surface area contributed by atoms with E-state index in [4.69, 9.17) is 0 Å². The molecule has 1 aliphatic carbocycles. The second-order valence-corrected chi connectivity index (χ2v) is 8.61. The Bertz CT molecular complexity index is 676. The molecule has 0 radical (unpaired) electrons. The summed E-state index contributed by atoms with van der Waals surface area (Å²) in [5, 5.41) is 6.76. The molecule has 2 N–H and O–H groups in total. The molecule has 3 aliphatic heterocycles. The van der Waals surface area contributed by atoms with Gasteiger partial charge in [-0.2, -0.15) is 0 Å². The summed E-state index contributed by atoms with van der Waals surface area (Å²) >= 11 is 0. The number of amides is 2. The van der Waals surface area contributed by atoms with Crippen LogP contribution >= 0.6 is 0 Å². The van der Waals surface area contributed by atoms with Gasteiger partial charge in [-0.15, -0.1) is 0 Å². The van der Waals surface area contributed by atoms with Crippen LogP contribution in [0.3, 0.4) is 0 Å². The number of urea groups is 1. The number of nitrogens with one attached hydrogen (secondary N) is 2. The molecule has 3 fully saturated rings. The van der Waals surface area contributed by atoms with Crippen molar-refractivity contribution in [3.63, 3.8) is 0 Å². The van der Waals surface area contributed by atoms with Crippen molar-refractivity contribution in [3.05, 3.63) is 29.8 Å². The minimum atomic E-state index is 0.172. The fraction of sp³-hybridized carbons (Fsp3) is 0.667. The van der Waals surface area contributed by atoms with E-state index in [9.17, 15) is 4.79 Å². The number of piperidine rings is 2. The molecule has 5 heteroatoms. The molecule has 2 amide bonds. The number of rotatable bonds is 2. The lowest BCUT2D eigenvalue weighted by atomic mass is 9.94. The van der Waals surface area contributed by atoms with Gasteiger partial charge in [-0.05, 0) is 68.7 Å². The van der Waals surface area contributed by atoms with E-state index in [0.717, 1.165) is 52.0 Å². The number of anilines is 1. The average Bonchev–Trinajstić information content (AvgIpc) is 3.15. The number of carbonyl (C=O) groups excluding carboxylic acids is 1. The van der Waals surface area contributed by atoms with Crippen molar-refractivity contribution >= 4 is 11.7 Å². The van der Waals surface area contributed by atoms with Crippen LogP contribution in [0.15, 0.2) is 24.3 Å². The first-order valence-corrected chi connectivity index (χ1v) is 10.4. The summed E-state index contributed by atoms with van der Waals surface area (Å²) < 4.78 is 0. The monoisotopic (exact) mass is 354 g/mol. The third kappa shape index (κ3) is 2.86. The summed E-state index contributed by atoms with van der Waals surface area (Å²) in [5.74, 6) is 0. The number of benzene rings is 1. The highest BCUT2D eigenvalue weighted by Gasteiger charge is 2.54. The third-order valence-electron chi connectivity index (χ3n) is 7.20. The number of hydrogen-bond acceptors (Lipinski definition) is 3. The molecule has 26 heavy (non-hydrogen) atoms. The molecule has 0 aromatic heterocycles. The minimum absolute atomic E-state index is 0.172. The molecule has 1 aromatic carbocycles. The zero-order chi connectivity index (χ0) is 17.6. The highest BCUT2D eigenvalue weighted by molar-refractivity contribution is 5.75. The van der Waals surface area contributed by atoms with Crippen molar-refractivity contribution in [2.75, 3.05) is 37.6 Å². The van der Waals surface area contributed by atoms with Crippen molar-refractivity contribution in [3.8, 4) is 0 Å². The molecule has 5 nitrogen and oxygen atoms in total. The summed E-state index contributed by atoms with van der Waals surface area (Å²) in [6, 6.07) is 9.97. The highest BCUT2D eigenvalue weighted by Crippen LogP contribution is 2.52. The fourth-order valence-corrected chi connectivity index (χ4v) is 5.39. The molecule has 1 atom stereocenters. The Morgan fingerprint density at radius 3 is 2.69 bits per heavy atom. The largest absolute Gasteiger partial charge is 0.368 e. The van der Waals surface area contributed by atoms with Crippen LogP contribution in [0.4, 0.5) is 10.5 Å². The van der Waals surface area contributed by atoms with Gasteiger partial charge < -0.3 is 20.4 Å². The SMILES string of the molecule is O=C(NC1CC12CCNCC2)N1CCC(N2CCc3ccccc32)CC1. The van der Waals surface area contributed by atoms with Crippen LogP contribution in [0.5, 0.6) is 0 Å². The lowest BCUT2D eigenvalue weighted by molar-refractivity contribution is 0.177. The highest BCUT2D eigenvalue weighted by atomic mass is 16.2. The van der Waals surface area contributed by atoms with E-state index in [1.807, 2.05) is 4.90 Å². The molecule has 140 valence electrons. The molecule has 0 bridgehead atoms. The zero-order valence-electron chi connectivity index (χ0n) is 15.5. The van der Waals surface area contributed by atoms with Crippen molar-refractivity contribution in [1.82, 2.24) is 15.5 Å². The van der Waals surface area contributed by atoms with E-state index < -0.39 is 0 Å². The van der Waals surface area contributed by atoms with E-state index in [0.29, 0.717) is 17.5 Å². The molecular weight excluding hydrogens is 324 g/mol. The van der Waals surface area contributed by atoms with Crippen molar-refractivity contribution in [2.45, 2.75) is 50.6 Å². The van der Waals surface area contributed by atoms with E-state index in [1.54, 1.807) is 0 Å². The number of fused-ring (bicyclic) bond motifs is 1. The van der Waals surface area contributed by atoms with Crippen molar-refractivity contribution < 1.29 is 4.79 Å². The Hall–Kier alpha value is -1.75. The number of carbonyl (C=O) groups is 1. The first-order valence-electron chi connectivity index (χ1n) is 10.4. The lowest BCUT2D eigenvalue weighted by Crippen LogP contribution is -2.50.